The van der Waals surface area contributed by atoms with Gasteiger partial charge in [-0.1, -0.05) is 25.8 Å². The van der Waals surface area contributed by atoms with Gasteiger partial charge in [0.05, 0.1) is 25.6 Å². The third-order valence-corrected chi connectivity index (χ3v) is 6.05. The quantitative estimate of drug-likeness (QED) is 0.652. The molecular weight excluding hydrogens is 336 g/mol. The minimum Gasteiger partial charge on any atom is -0.345 e. The number of nitrogens with zero attached hydrogens (tertiary/aromatic N) is 2. The summed E-state index contributed by atoms with van der Waals surface area (Å²) in [6.07, 6.45) is 11.1. The van der Waals surface area contributed by atoms with E-state index in [0.717, 1.165) is 19.3 Å². The number of imidazole rings is 1. The number of hydrogen-bond donors (Lipinski definition) is 0. The first kappa shape index (κ1) is 20.1. The Balaban J connectivity index is 1.79. The van der Waals surface area contributed by atoms with Crippen LogP contribution in [0, 0.1) is 27.7 Å². The van der Waals surface area contributed by atoms with Gasteiger partial charge in [-0.25, -0.2) is 4.98 Å². The smallest absolute Gasteiger partial charge is 0.187 e. The van der Waals surface area contributed by atoms with E-state index < -0.39 is 5.79 Å². The first-order valence-corrected chi connectivity index (χ1v) is 10.3. The molecule has 0 amide bonds. The summed E-state index contributed by atoms with van der Waals surface area (Å²) in [5, 5.41) is 0. The van der Waals surface area contributed by atoms with Crippen LogP contribution < -0.4 is 0 Å². The van der Waals surface area contributed by atoms with Crippen LogP contribution >= 0.6 is 0 Å². The SMILES string of the molecule is CCCCC1COC(CCc2c(C)c(C)cc(C)c2C)(Cn2ccnc2)O1. The Morgan fingerprint density at radius 2 is 1.93 bits per heavy atom. The molecule has 27 heavy (non-hydrogen) atoms. The van der Waals surface area contributed by atoms with Crippen molar-refractivity contribution in [3.63, 3.8) is 0 Å². The third-order valence-electron chi connectivity index (χ3n) is 6.05. The van der Waals surface area contributed by atoms with Gasteiger partial charge in [0.25, 0.3) is 0 Å². The zero-order valence-electron chi connectivity index (χ0n) is 17.5. The van der Waals surface area contributed by atoms with Gasteiger partial charge in [0.15, 0.2) is 5.79 Å². The van der Waals surface area contributed by atoms with Gasteiger partial charge in [-0.05, 0) is 68.4 Å². The molecule has 1 aromatic heterocycles. The topological polar surface area (TPSA) is 36.3 Å². The molecule has 0 aliphatic carbocycles. The molecule has 1 aliphatic rings. The number of rotatable bonds is 8. The molecule has 2 heterocycles. The molecule has 0 bridgehead atoms. The standard InChI is InChI=1S/C23H34N2O2/c1-6-7-8-21-14-26-23(27-21,15-25-12-11-24-16-25)10-9-22-19(4)17(2)13-18(3)20(22)5/h11-13,16,21H,6-10,14-15H2,1-5H3. The number of hydrogen-bond acceptors (Lipinski definition) is 3. The molecule has 2 atom stereocenters. The summed E-state index contributed by atoms with van der Waals surface area (Å²) in [5.74, 6) is -0.560. The summed E-state index contributed by atoms with van der Waals surface area (Å²) < 4.78 is 14.9. The van der Waals surface area contributed by atoms with E-state index in [2.05, 4.69) is 50.2 Å². The lowest BCUT2D eigenvalue weighted by atomic mass is 9.90. The fourth-order valence-electron chi connectivity index (χ4n) is 4.13. The van der Waals surface area contributed by atoms with Crippen LogP contribution in [0.4, 0.5) is 0 Å². The van der Waals surface area contributed by atoms with Crippen LogP contribution in [0.1, 0.15) is 60.4 Å². The third kappa shape index (κ3) is 4.61. The summed E-state index contributed by atoms with van der Waals surface area (Å²) in [5.41, 5.74) is 6.98. The van der Waals surface area contributed by atoms with Crippen LogP contribution in [-0.4, -0.2) is 28.0 Å². The molecule has 4 nitrogen and oxygen atoms in total. The summed E-state index contributed by atoms with van der Waals surface area (Å²) in [6.45, 7) is 12.5. The minimum absolute atomic E-state index is 0.204. The highest BCUT2D eigenvalue weighted by Crippen LogP contribution is 2.34. The number of unbranched alkanes of at least 4 members (excludes halogenated alkanes) is 1. The Labute approximate surface area is 163 Å². The fraction of sp³-hybridized carbons (Fsp3) is 0.609. The van der Waals surface area contributed by atoms with Crippen molar-refractivity contribution in [1.29, 1.82) is 0 Å². The number of aryl methyl sites for hydroxylation is 2. The van der Waals surface area contributed by atoms with Crippen molar-refractivity contribution in [3.8, 4) is 0 Å². The van der Waals surface area contributed by atoms with Crippen LogP contribution in [0.2, 0.25) is 0 Å². The first-order chi connectivity index (χ1) is 12.9. The lowest BCUT2D eigenvalue weighted by Gasteiger charge is -2.29. The molecular formula is C23H34N2O2. The van der Waals surface area contributed by atoms with Gasteiger partial charge in [-0.2, -0.15) is 0 Å². The largest absolute Gasteiger partial charge is 0.345 e. The van der Waals surface area contributed by atoms with Gasteiger partial charge < -0.3 is 14.0 Å². The Bertz CT molecular complexity index is 728. The average molecular weight is 371 g/mol. The maximum Gasteiger partial charge on any atom is 0.187 e. The van der Waals surface area contributed by atoms with E-state index in [1.807, 2.05) is 18.7 Å². The Morgan fingerprint density at radius 3 is 2.56 bits per heavy atom. The molecule has 0 radical (unpaired) electrons. The van der Waals surface area contributed by atoms with Crippen molar-refractivity contribution in [1.82, 2.24) is 9.55 Å². The van der Waals surface area contributed by atoms with Gasteiger partial charge in [0.1, 0.15) is 0 Å². The molecule has 2 aromatic rings. The van der Waals surface area contributed by atoms with Crippen LogP contribution in [-0.2, 0) is 22.4 Å². The maximum absolute atomic E-state index is 6.52. The zero-order chi connectivity index (χ0) is 19.4. The predicted octanol–water partition coefficient (Wildman–Crippen LogP) is 5.05. The van der Waals surface area contributed by atoms with Gasteiger partial charge in [0, 0.05) is 18.8 Å². The van der Waals surface area contributed by atoms with Crippen molar-refractivity contribution >= 4 is 0 Å². The highest BCUT2D eigenvalue weighted by atomic mass is 16.7. The highest BCUT2D eigenvalue weighted by molar-refractivity contribution is 5.44. The van der Waals surface area contributed by atoms with Gasteiger partial charge in [-0.3, -0.25) is 0 Å². The fourth-order valence-corrected chi connectivity index (χ4v) is 4.13. The summed E-state index contributed by atoms with van der Waals surface area (Å²) >= 11 is 0. The van der Waals surface area contributed by atoms with Crippen molar-refractivity contribution in [2.45, 2.75) is 85.2 Å². The molecule has 0 spiro atoms. The zero-order valence-corrected chi connectivity index (χ0v) is 17.5. The molecule has 148 valence electrons. The Morgan fingerprint density at radius 1 is 1.19 bits per heavy atom. The Kier molecular flexibility index (Phi) is 6.38. The maximum atomic E-state index is 6.52. The lowest BCUT2D eigenvalue weighted by Crippen LogP contribution is -2.37. The van der Waals surface area contributed by atoms with E-state index in [9.17, 15) is 0 Å². The second kappa shape index (κ2) is 8.57. The van der Waals surface area contributed by atoms with Crippen LogP contribution in [0.15, 0.2) is 24.8 Å². The van der Waals surface area contributed by atoms with Crippen molar-refractivity contribution in [2.75, 3.05) is 6.61 Å². The summed E-state index contributed by atoms with van der Waals surface area (Å²) in [7, 11) is 0. The van der Waals surface area contributed by atoms with E-state index >= 15 is 0 Å². The van der Waals surface area contributed by atoms with Gasteiger partial charge in [0.2, 0.25) is 0 Å². The van der Waals surface area contributed by atoms with Crippen LogP contribution in [0.3, 0.4) is 0 Å². The second-order valence-electron chi connectivity index (χ2n) is 8.08. The van der Waals surface area contributed by atoms with E-state index in [0.29, 0.717) is 13.2 Å². The number of ether oxygens (including phenoxy) is 2. The monoisotopic (exact) mass is 370 g/mol. The van der Waals surface area contributed by atoms with Crippen molar-refractivity contribution in [3.05, 3.63) is 52.6 Å². The van der Waals surface area contributed by atoms with Crippen molar-refractivity contribution < 1.29 is 9.47 Å². The molecule has 3 rings (SSSR count). The minimum atomic E-state index is -0.560. The highest BCUT2D eigenvalue weighted by Gasteiger charge is 2.41. The normalized spacial score (nSPS) is 22.5. The van der Waals surface area contributed by atoms with Crippen LogP contribution in [0.25, 0.3) is 0 Å². The van der Waals surface area contributed by atoms with Crippen LogP contribution in [0.5, 0.6) is 0 Å². The predicted molar refractivity (Wildman–Crippen MR) is 109 cm³/mol. The summed E-state index contributed by atoms with van der Waals surface area (Å²) in [4.78, 5) is 4.19. The van der Waals surface area contributed by atoms with E-state index in [-0.39, 0.29) is 6.10 Å². The Hall–Kier alpha value is -1.65. The number of aromatic nitrogens is 2. The molecule has 1 fully saturated rings. The molecule has 4 heteroatoms. The molecule has 0 N–H and O–H groups in total. The molecule has 0 saturated carbocycles. The lowest BCUT2D eigenvalue weighted by molar-refractivity contribution is -0.182. The average Bonchev–Trinajstić information content (AvgIpc) is 3.29. The molecule has 1 aliphatic heterocycles. The summed E-state index contributed by atoms with van der Waals surface area (Å²) in [6, 6.07) is 2.29. The van der Waals surface area contributed by atoms with E-state index in [4.69, 9.17) is 9.47 Å². The first-order valence-electron chi connectivity index (χ1n) is 10.3. The second-order valence-corrected chi connectivity index (χ2v) is 8.08. The number of benzene rings is 1. The molecule has 2 unspecified atom stereocenters. The molecule has 1 saturated heterocycles. The van der Waals surface area contributed by atoms with Crippen molar-refractivity contribution in [2.24, 2.45) is 0 Å². The van der Waals surface area contributed by atoms with Gasteiger partial charge >= 0.3 is 0 Å². The van der Waals surface area contributed by atoms with E-state index in [1.54, 1.807) is 0 Å². The van der Waals surface area contributed by atoms with E-state index in [1.165, 1.54) is 40.7 Å². The van der Waals surface area contributed by atoms with Gasteiger partial charge in [-0.15, -0.1) is 0 Å². The molecule has 1 aromatic carbocycles.